The van der Waals surface area contributed by atoms with Gasteiger partial charge in [0.25, 0.3) is 0 Å². The van der Waals surface area contributed by atoms with Crippen molar-refractivity contribution in [2.75, 3.05) is 0 Å². The Labute approximate surface area is 117 Å². The number of rotatable bonds is 5. The number of benzene rings is 2. The first-order valence-corrected chi connectivity index (χ1v) is 6.47. The molecule has 0 saturated carbocycles. The number of carboxylic acid groups (broad SMARTS) is 1. The maximum atomic E-state index is 10.7. The number of hydrogen-bond acceptors (Lipinski definition) is 3. The molecule has 0 aromatic heterocycles. The Morgan fingerprint density at radius 2 is 1.60 bits per heavy atom. The van der Waals surface area contributed by atoms with Crippen LogP contribution in [0.25, 0.3) is 0 Å². The summed E-state index contributed by atoms with van der Waals surface area (Å²) in [5, 5.41) is 17.0. The number of aryl methyl sites for hydroxylation is 1. The van der Waals surface area contributed by atoms with E-state index in [1.807, 2.05) is 12.1 Å². The molecule has 0 spiro atoms. The Balaban J connectivity index is 1.96. The summed E-state index contributed by atoms with van der Waals surface area (Å²) in [4.78, 5) is 10.7. The molecule has 0 radical (unpaired) electrons. The monoisotopic (exact) mass is 268 g/mol. The summed E-state index contributed by atoms with van der Waals surface area (Å²) >= 11 is 0. The summed E-state index contributed by atoms with van der Waals surface area (Å²) in [6.07, 6.45) is 1.03. The molecule has 4 heteroatoms. The third-order valence-electron chi connectivity index (χ3n) is 2.98. The molecular weight excluding hydrogens is 252 g/mol. The lowest BCUT2D eigenvalue weighted by Crippen LogP contribution is -1.93. The zero-order valence-corrected chi connectivity index (χ0v) is 11.3. The first-order valence-electron chi connectivity index (χ1n) is 6.47. The van der Waals surface area contributed by atoms with Crippen molar-refractivity contribution >= 4 is 11.7 Å². The fourth-order valence-corrected chi connectivity index (χ4v) is 1.75. The highest BCUT2D eigenvalue weighted by Crippen LogP contribution is 2.14. The number of carbonyl (C=O) groups is 1. The fourth-order valence-electron chi connectivity index (χ4n) is 1.75. The van der Waals surface area contributed by atoms with E-state index in [0.717, 1.165) is 12.0 Å². The molecule has 1 N–H and O–H groups in total. The second-order valence-corrected chi connectivity index (χ2v) is 4.42. The molecule has 2 aromatic carbocycles. The molecule has 4 nitrogen and oxygen atoms in total. The van der Waals surface area contributed by atoms with Crippen LogP contribution in [0.2, 0.25) is 0 Å². The molecule has 0 aliphatic heterocycles. The van der Waals surface area contributed by atoms with Gasteiger partial charge in [-0.1, -0.05) is 31.2 Å². The van der Waals surface area contributed by atoms with Crippen molar-refractivity contribution in [2.45, 2.75) is 19.9 Å². The molecular formula is C16H16N2O2. The minimum Gasteiger partial charge on any atom is -0.478 e. The van der Waals surface area contributed by atoms with E-state index in [2.05, 4.69) is 29.3 Å². The average Bonchev–Trinajstić information content (AvgIpc) is 2.48. The number of nitrogens with zero attached hydrogens (tertiary/aromatic N) is 2. The Morgan fingerprint density at radius 3 is 2.15 bits per heavy atom. The summed E-state index contributed by atoms with van der Waals surface area (Å²) in [7, 11) is 0. The van der Waals surface area contributed by atoms with E-state index in [9.17, 15) is 4.79 Å². The van der Waals surface area contributed by atoms with Crippen LogP contribution in [0.4, 0.5) is 5.69 Å². The van der Waals surface area contributed by atoms with Crippen LogP contribution >= 0.6 is 0 Å². The van der Waals surface area contributed by atoms with Crippen LogP contribution in [0.5, 0.6) is 0 Å². The Hall–Kier alpha value is -2.49. The molecule has 0 amide bonds. The molecule has 0 saturated heterocycles. The second kappa shape index (κ2) is 6.61. The van der Waals surface area contributed by atoms with Crippen LogP contribution in [0.15, 0.2) is 58.8 Å². The van der Waals surface area contributed by atoms with Crippen molar-refractivity contribution in [2.24, 2.45) is 10.2 Å². The van der Waals surface area contributed by atoms with Gasteiger partial charge in [0.1, 0.15) is 0 Å². The van der Waals surface area contributed by atoms with Gasteiger partial charge in [0.15, 0.2) is 0 Å². The maximum absolute atomic E-state index is 10.7. The van der Waals surface area contributed by atoms with Crippen molar-refractivity contribution in [3.05, 3.63) is 65.2 Å². The lowest BCUT2D eigenvalue weighted by atomic mass is 10.1. The molecule has 2 rings (SSSR count). The number of carboxylic acids is 1. The second-order valence-electron chi connectivity index (χ2n) is 4.42. The molecule has 102 valence electrons. The van der Waals surface area contributed by atoms with Crippen LogP contribution in [0, 0.1) is 0 Å². The molecule has 0 atom stereocenters. The van der Waals surface area contributed by atoms with E-state index >= 15 is 0 Å². The standard InChI is InChI=1S/C16H16N2O2/c1-2-12-3-5-13(6-4-12)11-17-18-15-9-7-14(8-10-15)16(19)20/h3-10H,2,11H2,1H3,(H,19,20). The summed E-state index contributed by atoms with van der Waals surface area (Å²) in [6, 6.07) is 14.6. The zero-order valence-electron chi connectivity index (χ0n) is 11.3. The van der Waals surface area contributed by atoms with Crippen LogP contribution in [0.3, 0.4) is 0 Å². The van der Waals surface area contributed by atoms with Gasteiger partial charge in [0.2, 0.25) is 0 Å². The molecule has 0 heterocycles. The van der Waals surface area contributed by atoms with Crippen LogP contribution in [-0.2, 0) is 13.0 Å². The van der Waals surface area contributed by atoms with E-state index in [1.165, 1.54) is 17.7 Å². The quantitative estimate of drug-likeness (QED) is 0.825. The highest BCUT2D eigenvalue weighted by atomic mass is 16.4. The predicted molar refractivity (Wildman–Crippen MR) is 77.4 cm³/mol. The van der Waals surface area contributed by atoms with Gasteiger partial charge in [-0.15, -0.1) is 0 Å². The normalized spacial score (nSPS) is 10.8. The highest BCUT2D eigenvalue weighted by molar-refractivity contribution is 5.87. The van der Waals surface area contributed by atoms with Gasteiger partial charge in [-0.2, -0.15) is 10.2 Å². The number of aromatic carboxylic acids is 1. The summed E-state index contributed by atoms with van der Waals surface area (Å²) in [6.45, 7) is 2.64. The maximum Gasteiger partial charge on any atom is 0.335 e. The summed E-state index contributed by atoms with van der Waals surface area (Å²) in [5.41, 5.74) is 3.31. The van der Waals surface area contributed by atoms with Gasteiger partial charge in [-0.3, -0.25) is 0 Å². The van der Waals surface area contributed by atoms with E-state index < -0.39 is 5.97 Å². The van der Waals surface area contributed by atoms with Gasteiger partial charge in [-0.25, -0.2) is 4.79 Å². The number of hydrogen-bond donors (Lipinski definition) is 1. The molecule has 0 fully saturated rings. The SMILES string of the molecule is CCc1ccc(CN=Nc2ccc(C(=O)O)cc2)cc1. The fraction of sp³-hybridized carbons (Fsp3) is 0.188. The predicted octanol–water partition coefficient (Wildman–Crippen LogP) is 4.23. The third kappa shape index (κ3) is 3.75. The van der Waals surface area contributed by atoms with E-state index in [4.69, 9.17) is 5.11 Å². The first-order chi connectivity index (χ1) is 9.69. The van der Waals surface area contributed by atoms with Crippen LogP contribution < -0.4 is 0 Å². The molecule has 0 aliphatic carbocycles. The van der Waals surface area contributed by atoms with Crippen molar-refractivity contribution < 1.29 is 9.90 Å². The zero-order chi connectivity index (χ0) is 14.4. The van der Waals surface area contributed by atoms with Crippen molar-refractivity contribution in [3.63, 3.8) is 0 Å². The minimum absolute atomic E-state index is 0.249. The van der Waals surface area contributed by atoms with Crippen LogP contribution in [0.1, 0.15) is 28.4 Å². The lowest BCUT2D eigenvalue weighted by Gasteiger charge is -1.99. The molecule has 0 bridgehead atoms. The molecule has 20 heavy (non-hydrogen) atoms. The molecule has 0 aliphatic rings. The molecule has 0 unspecified atom stereocenters. The summed E-state index contributed by atoms with van der Waals surface area (Å²) in [5.74, 6) is -0.940. The van der Waals surface area contributed by atoms with E-state index in [-0.39, 0.29) is 5.56 Å². The third-order valence-corrected chi connectivity index (χ3v) is 2.98. The van der Waals surface area contributed by atoms with Gasteiger partial charge < -0.3 is 5.11 Å². The van der Waals surface area contributed by atoms with Crippen LogP contribution in [-0.4, -0.2) is 11.1 Å². The van der Waals surface area contributed by atoms with Gasteiger partial charge in [0, 0.05) is 0 Å². The Kier molecular flexibility index (Phi) is 4.60. The largest absolute Gasteiger partial charge is 0.478 e. The highest BCUT2D eigenvalue weighted by Gasteiger charge is 2.00. The van der Waals surface area contributed by atoms with Gasteiger partial charge in [-0.05, 0) is 41.8 Å². The lowest BCUT2D eigenvalue weighted by molar-refractivity contribution is 0.0697. The van der Waals surface area contributed by atoms with Crippen molar-refractivity contribution in [3.8, 4) is 0 Å². The van der Waals surface area contributed by atoms with Gasteiger partial charge in [0.05, 0.1) is 17.8 Å². The topological polar surface area (TPSA) is 62.0 Å². The first kappa shape index (κ1) is 13.9. The average molecular weight is 268 g/mol. The van der Waals surface area contributed by atoms with Gasteiger partial charge >= 0.3 is 5.97 Å². The van der Waals surface area contributed by atoms with Crippen molar-refractivity contribution in [1.29, 1.82) is 0 Å². The summed E-state index contributed by atoms with van der Waals surface area (Å²) < 4.78 is 0. The smallest absolute Gasteiger partial charge is 0.335 e. The number of azo groups is 1. The Morgan fingerprint density at radius 1 is 1.00 bits per heavy atom. The van der Waals surface area contributed by atoms with E-state index in [0.29, 0.717) is 12.2 Å². The van der Waals surface area contributed by atoms with E-state index in [1.54, 1.807) is 12.1 Å². The van der Waals surface area contributed by atoms with Crippen molar-refractivity contribution in [1.82, 2.24) is 0 Å². The minimum atomic E-state index is -0.940. The molecule has 2 aromatic rings. The Bertz CT molecular complexity index is 601.